The molecule has 11 N–H and O–H groups in total. The Morgan fingerprint density at radius 3 is 0.702 bits per heavy atom. The minimum Gasteiger partial charge on any atom is -0.505 e. The van der Waals surface area contributed by atoms with Gasteiger partial charge in [0.25, 0.3) is 0 Å². The summed E-state index contributed by atoms with van der Waals surface area (Å²) >= 11 is 24.8. The minimum atomic E-state index is -1.65. The lowest BCUT2D eigenvalue weighted by atomic mass is 9.83. The number of phenols is 4. The van der Waals surface area contributed by atoms with Crippen molar-refractivity contribution in [3.05, 3.63) is 113 Å². The summed E-state index contributed by atoms with van der Waals surface area (Å²) in [4.78, 5) is 48.2. The van der Waals surface area contributed by atoms with Gasteiger partial charge < -0.3 is 47.0 Å². The van der Waals surface area contributed by atoms with Gasteiger partial charge in [0.15, 0.2) is 0 Å². The van der Waals surface area contributed by atoms with E-state index in [9.17, 15) is 60.0 Å². The molecule has 0 radical (unpaired) electrons. The van der Waals surface area contributed by atoms with Gasteiger partial charge in [0.1, 0.15) is 45.3 Å². The van der Waals surface area contributed by atoms with Crippen molar-refractivity contribution in [2.24, 2.45) is 0 Å². The third-order valence-corrected chi connectivity index (χ3v) is 7.73. The minimum absolute atomic E-state index is 0. The number of carboxylic acids is 4. The van der Waals surface area contributed by atoms with Crippen LogP contribution in [0, 0.1) is 0 Å². The fraction of sp³-hybridized carbons (Fsp3) is 0. The zero-order chi connectivity index (χ0) is 34.4. The van der Waals surface area contributed by atoms with Crippen LogP contribution in [0.3, 0.4) is 0 Å². The number of rotatable bonds is 8. The molecule has 4 rings (SSSR count). The molecule has 0 saturated carbocycles. The van der Waals surface area contributed by atoms with E-state index in [1.165, 1.54) is 0 Å². The molecule has 47 heavy (non-hydrogen) atoms. The quantitative estimate of drug-likeness (QED) is 0.0822. The molecule has 4 aromatic rings. The molecule has 0 heterocycles. The summed E-state index contributed by atoms with van der Waals surface area (Å²) in [7, 11) is 0. The molecule has 0 aliphatic carbocycles. The number of aromatic carboxylic acids is 4. The Labute approximate surface area is 282 Å². The Bertz CT molecular complexity index is 1770. The number of hydrogen-bond donors (Lipinski definition) is 9. The first-order valence-electron chi connectivity index (χ1n) is 12.2. The van der Waals surface area contributed by atoms with Crippen LogP contribution in [0.15, 0.2) is 48.5 Å². The molecular formula is C30H19Cl4NO12. The van der Waals surface area contributed by atoms with Gasteiger partial charge in [-0.1, -0.05) is 46.4 Å². The van der Waals surface area contributed by atoms with Crippen molar-refractivity contribution in [2.75, 3.05) is 0 Å². The van der Waals surface area contributed by atoms with Gasteiger partial charge in [-0.2, -0.15) is 0 Å². The topological polar surface area (TPSA) is 265 Å². The molecule has 0 aliphatic heterocycles. The number of hydrogen-bond acceptors (Lipinski definition) is 9. The van der Waals surface area contributed by atoms with Crippen molar-refractivity contribution in [3.63, 3.8) is 0 Å². The van der Waals surface area contributed by atoms with E-state index in [4.69, 9.17) is 46.4 Å². The second-order valence-electron chi connectivity index (χ2n) is 9.39. The van der Waals surface area contributed by atoms with Gasteiger partial charge in [-0.3, -0.25) is 0 Å². The molecule has 0 bridgehead atoms. The van der Waals surface area contributed by atoms with Crippen molar-refractivity contribution in [1.29, 1.82) is 0 Å². The largest absolute Gasteiger partial charge is 0.505 e. The van der Waals surface area contributed by atoms with Crippen molar-refractivity contribution < 1.29 is 60.0 Å². The lowest BCUT2D eigenvalue weighted by molar-refractivity contribution is 0.0682. The van der Waals surface area contributed by atoms with Gasteiger partial charge in [-0.15, -0.1) is 0 Å². The third kappa shape index (κ3) is 6.84. The predicted molar refractivity (Wildman–Crippen MR) is 170 cm³/mol. The summed E-state index contributed by atoms with van der Waals surface area (Å²) in [6, 6.07) is 7.89. The van der Waals surface area contributed by atoms with Crippen LogP contribution in [-0.2, 0) is 0 Å². The Kier molecular flexibility index (Phi) is 10.6. The molecule has 0 aliphatic rings. The summed E-state index contributed by atoms with van der Waals surface area (Å²) in [5, 5.41) is 78.5. The van der Waals surface area contributed by atoms with E-state index in [0.717, 1.165) is 48.5 Å². The molecule has 244 valence electrons. The molecule has 0 fully saturated rings. The highest BCUT2D eigenvalue weighted by Crippen LogP contribution is 2.45. The van der Waals surface area contributed by atoms with Gasteiger partial charge in [-0.05, 0) is 81.9 Å². The highest BCUT2D eigenvalue weighted by Gasteiger charge is 2.27. The Hall–Kier alpha value is -5.18. The van der Waals surface area contributed by atoms with Gasteiger partial charge >= 0.3 is 23.9 Å². The van der Waals surface area contributed by atoms with E-state index in [0.29, 0.717) is 0 Å². The second kappa shape index (κ2) is 13.7. The van der Waals surface area contributed by atoms with Crippen LogP contribution in [-0.4, -0.2) is 64.7 Å². The van der Waals surface area contributed by atoms with Crippen LogP contribution in [0.2, 0.25) is 20.1 Å². The molecule has 0 amide bonds. The molecule has 0 aromatic heterocycles. The van der Waals surface area contributed by atoms with Crippen molar-refractivity contribution in [3.8, 4) is 23.0 Å². The fourth-order valence-corrected chi connectivity index (χ4v) is 5.41. The van der Waals surface area contributed by atoms with Crippen LogP contribution < -0.4 is 6.15 Å². The molecule has 13 nitrogen and oxygen atoms in total. The van der Waals surface area contributed by atoms with Crippen molar-refractivity contribution >= 4 is 81.4 Å². The van der Waals surface area contributed by atoms with E-state index < -0.39 is 89.2 Å². The molecule has 4 aromatic carbocycles. The summed E-state index contributed by atoms with van der Waals surface area (Å²) < 4.78 is 0. The van der Waals surface area contributed by atoms with Gasteiger partial charge in [-0.25, -0.2) is 19.2 Å². The second-order valence-corrected chi connectivity index (χ2v) is 11.0. The number of carbonyl (C=O) groups is 4. The Morgan fingerprint density at radius 1 is 0.383 bits per heavy atom. The maximum Gasteiger partial charge on any atom is 0.339 e. The molecule has 0 atom stereocenters. The first-order chi connectivity index (χ1) is 21.4. The number of carboxylic acid groups (broad SMARTS) is 4. The number of benzene rings is 4. The SMILES string of the molecule is N.O=C(O)c1cc(C(=C(c2cc(Cl)c(O)c(C(=O)O)c2)c2cc(Cl)c(O)c(C(=O)O)c2)c2cc(Cl)c(O)c(C(=O)O)c2)cc(Cl)c1O. The Balaban J connectivity index is 0.00000600. The van der Waals surface area contributed by atoms with E-state index in [-0.39, 0.29) is 39.6 Å². The van der Waals surface area contributed by atoms with Crippen LogP contribution >= 0.6 is 46.4 Å². The summed E-state index contributed by atoms with van der Waals surface area (Å²) in [6.45, 7) is 0. The van der Waals surface area contributed by atoms with Crippen molar-refractivity contribution in [1.82, 2.24) is 6.15 Å². The fourth-order valence-electron chi connectivity index (χ4n) is 4.54. The summed E-state index contributed by atoms with van der Waals surface area (Å²) in [6.07, 6.45) is 0. The molecular weight excluding hydrogens is 708 g/mol. The van der Waals surface area contributed by atoms with Gasteiger partial charge in [0.05, 0.1) is 20.1 Å². The average Bonchev–Trinajstić information content (AvgIpc) is 2.96. The summed E-state index contributed by atoms with van der Waals surface area (Å²) in [5.41, 5.74) is -4.26. The maximum absolute atomic E-state index is 12.1. The molecule has 17 heteroatoms. The maximum atomic E-state index is 12.1. The Morgan fingerprint density at radius 2 is 0.553 bits per heavy atom. The summed E-state index contributed by atoms with van der Waals surface area (Å²) in [5.74, 6) is -10.0. The smallest absolute Gasteiger partial charge is 0.339 e. The van der Waals surface area contributed by atoms with Crippen LogP contribution in [0.4, 0.5) is 0 Å². The molecule has 0 saturated heterocycles. The first-order valence-corrected chi connectivity index (χ1v) is 13.7. The highest BCUT2D eigenvalue weighted by atomic mass is 35.5. The van der Waals surface area contributed by atoms with Crippen molar-refractivity contribution in [2.45, 2.75) is 0 Å². The van der Waals surface area contributed by atoms with Crippen LogP contribution in [0.1, 0.15) is 63.7 Å². The van der Waals surface area contributed by atoms with Gasteiger partial charge in [0.2, 0.25) is 0 Å². The number of aromatic hydroxyl groups is 4. The number of halogens is 4. The van der Waals surface area contributed by atoms with E-state index in [2.05, 4.69) is 0 Å². The van der Waals surface area contributed by atoms with E-state index in [1.807, 2.05) is 0 Å². The van der Waals surface area contributed by atoms with Gasteiger partial charge in [0, 0.05) is 0 Å². The van der Waals surface area contributed by atoms with E-state index >= 15 is 0 Å². The lowest BCUT2D eigenvalue weighted by Gasteiger charge is -2.21. The standard InChI is InChI=1S/C30H16Cl4O12.H3N/c31-17-5-9(1-13(23(17)35)27(39)40)21(10-2-14(28(41)42)24(36)18(32)6-10)22(11-3-15(29(43)44)25(37)19(33)7-11)12-4-16(30(45)46)26(38)20(34)8-12;/h1-8,35-38H,(H,39,40)(H,41,42)(H,43,44)(H,45,46);1H3. The first kappa shape index (κ1) is 36.3. The zero-order valence-corrected chi connectivity index (χ0v) is 26.1. The highest BCUT2D eigenvalue weighted by molar-refractivity contribution is 6.35. The lowest BCUT2D eigenvalue weighted by Crippen LogP contribution is -2.06. The normalized spacial score (nSPS) is 10.6. The van der Waals surface area contributed by atoms with E-state index in [1.54, 1.807) is 0 Å². The van der Waals surface area contributed by atoms with Crippen LogP contribution in [0.5, 0.6) is 23.0 Å². The third-order valence-electron chi connectivity index (χ3n) is 6.58. The molecule has 0 spiro atoms. The zero-order valence-electron chi connectivity index (χ0n) is 23.0. The predicted octanol–water partition coefficient (Wildman–Crippen LogP) is 7.08. The average molecular weight is 727 g/mol. The monoisotopic (exact) mass is 725 g/mol. The van der Waals surface area contributed by atoms with Crippen LogP contribution in [0.25, 0.3) is 11.1 Å². The molecule has 0 unspecified atom stereocenters.